The van der Waals surface area contributed by atoms with Crippen molar-refractivity contribution in [3.63, 3.8) is 0 Å². The summed E-state index contributed by atoms with van der Waals surface area (Å²) >= 11 is 0. The smallest absolute Gasteiger partial charge is 0.312 e. The molecule has 0 radical (unpaired) electrons. The third-order valence-corrected chi connectivity index (χ3v) is 5.94. The van der Waals surface area contributed by atoms with E-state index in [1.807, 2.05) is 18.3 Å². The quantitative estimate of drug-likeness (QED) is 0.536. The van der Waals surface area contributed by atoms with Gasteiger partial charge in [-0.05, 0) is 67.1 Å². The normalized spacial score (nSPS) is 17.4. The van der Waals surface area contributed by atoms with Crippen molar-refractivity contribution >= 4 is 23.5 Å². The van der Waals surface area contributed by atoms with Gasteiger partial charge in [0.2, 0.25) is 0 Å². The van der Waals surface area contributed by atoms with Crippen molar-refractivity contribution in [2.75, 3.05) is 23.3 Å². The van der Waals surface area contributed by atoms with Crippen molar-refractivity contribution in [1.82, 2.24) is 20.3 Å². The highest BCUT2D eigenvalue weighted by molar-refractivity contribution is 5.72. The van der Waals surface area contributed by atoms with Crippen LogP contribution in [0.2, 0.25) is 0 Å². The van der Waals surface area contributed by atoms with Gasteiger partial charge in [-0.15, -0.1) is 0 Å². The number of rotatable bonds is 6. The zero-order valence-electron chi connectivity index (χ0n) is 18.0. The molecule has 33 heavy (non-hydrogen) atoms. The number of nitrogens with one attached hydrogen (secondary N) is 2. The zero-order valence-corrected chi connectivity index (χ0v) is 18.0. The lowest BCUT2D eigenvalue weighted by Gasteiger charge is -2.18. The predicted molar refractivity (Wildman–Crippen MR) is 125 cm³/mol. The van der Waals surface area contributed by atoms with Crippen molar-refractivity contribution < 1.29 is 4.79 Å². The number of pyridine rings is 3. The van der Waals surface area contributed by atoms with Gasteiger partial charge in [-0.3, -0.25) is 0 Å². The van der Waals surface area contributed by atoms with E-state index in [9.17, 15) is 4.79 Å². The number of aromatic nitrogens is 3. The number of nitrogens with two attached hydrogens (primary N) is 1. The molecule has 2 aliphatic rings. The molecule has 0 bridgehead atoms. The predicted octanol–water partition coefficient (Wildman–Crippen LogP) is 3.28. The number of urea groups is 1. The van der Waals surface area contributed by atoms with Gasteiger partial charge in [0.1, 0.15) is 17.5 Å². The average molecular weight is 441 g/mol. The third kappa shape index (κ3) is 4.85. The maximum Gasteiger partial charge on any atom is 0.312 e. The summed E-state index contributed by atoms with van der Waals surface area (Å²) in [6, 6.07) is 13.2. The molecule has 4 heterocycles. The molecule has 1 saturated carbocycles. The minimum atomic E-state index is -0.495. The van der Waals surface area contributed by atoms with Gasteiger partial charge < -0.3 is 21.3 Å². The van der Waals surface area contributed by atoms with Gasteiger partial charge in [0, 0.05) is 37.1 Å². The number of primary amides is 1. The Morgan fingerprint density at radius 1 is 1.12 bits per heavy atom. The van der Waals surface area contributed by atoms with E-state index in [1.54, 1.807) is 18.3 Å². The molecule has 3 aromatic rings. The second-order valence-electron chi connectivity index (χ2n) is 8.46. The summed E-state index contributed by atoms with van der Waals surface area (Å²) in [5, 5.41) is 15.2. The maximum absolute atomic E-state index is 11.1. The molecule has 5 rings (SSSR count). The third-order valence-electron chi connectivity index (χ3n) is 5.94. The second-order valence-corrected chi connectivity index (χ2v) is 8.46. The lowest BCUT2D eigenvalue weighted by atomic mass is 10.1. The van der Waals surface area contributed by atoms with Crippen LogP contribution in [0.3, 0.4) is 0 Å². The molecule has 1 saturated heterocycles. The van der Waals surface area contributed by atoms with Crippen LogP contribution in [0, 0.1) is 11.3 Å². The van der Waals surface area contributed by atoms with Crippen LogP contribution in [0.25, 0.3) is 11.3 Å². The molecule has 3 aromatic heterocycles. The van der Waals surface area contributed by atoms with E-state index in [1.165, 1.54) is 18.4 Å². The average Bonchev–Trinajstić information content (AvgIpc) is 3.58. The standard InChI is InChI=1S/C24H24N8O/c25-12-15-5-7-27-21(9-15)31-22-11-18(16-1-2-16)10-20(30-22)17-3-4-23(28-13-17)32-8-6-19(14-32)29-24(26)33/h3-5,7,9-11,13,16,19H,1-2,6,8,14H2,(H3,26,29,33)(H,27,30,31). The zero-order chi connectivity index (χ0) is 22.8. The molecule has 2 amide bonds. The van der Waals surface area contributed by atoms with Crippen LogP contribution in [0.15, 0.2) is 48.8 Å². The van der Waals surface area contributed by atoms with Gasteiger partial charge >= 0.3 is 6.03 Å². The molecule has 0 spiro atoms. The van der Waals surface area contributed by atoms with Crippen LogP contribution in [0.1, 0.15) is 36.3 Å². The van der Waals surface area contributed by atoms with Gasteiger partial charge in [-0.1, -0.05) is 0 Å². The van der Waals surface area contributed by atoms with Gasteiger partial charge in [0.15, 0.2) is 0 Å². The molecule has 166 valence electrons. The van der Waals surface area contributed by atoms with Gasteiger partial charge in [0.05, 0.1) is 17.3 Å². The van der Waals surface area contributed by atoms with Crippen molar-refractivity contribution in [3.05, 3.63) is 59.9 Å². The fraction of sp³-hybridized carbons (Fsp3) is 0.292. The number of nitrogens with zero attached hydrogens (tertiary/aromatic N) is 5. The fourth-order valence-electron chi connectivity index (χ4n) is 4.13. The minimum absolute atomic E-state index is 0.0441. The van der Waals surface area contributed by atoms with Gasteiger partial charge in [-0.25, -0.2) is 19.7 Å². The number of carbonyl (C=O) groups is 1. The van der Waals surface area contributed by atoms with Crippen LogP contribution in [0.5, 0.6) is 0 Å². The molecule has 1 aliphatic carbocycles. The first-order valence-electron chi connectivity index (χ1n) is 11.0. The van der Waals surface area contributed by atoms with E-state index >= 15 is 0 Å². The first-order chi connectivity index (χ1) is 16.1. The largest absolute Gasteiger partial charge is 0.354 e. The number of carbonyl (C=O) groups excluding carboxylic acids is 1. The van der Waals surface area contributed by atoms with Crippen LogP contribution >= 0.6 is 0 Å². The summed E-state index contributed by atoms with van der Waals surface area (Å²) in [4.78, 5) is 27.0. The van der Waals surface area contributed by atoms with E-state index < -0.39 is 6.03 Å². The lowest BCUT2D eigenvalue weighted by molar-refractivity contribution is 0.246. The van der Waals surface area contributed by atoms with Gasteiger partial charge in [-0.2, -0.15) is 5.26 Å². The number of anilines is 3. The second kappa shape index (κ2) is 8.74. The first kappa shape index (κ1) is 20.7. The molecule has 1 atom stereocenters. The van der Waals surface area contributed by atoms with E-state index in [0.29, 0.717) is 29.7 Å². The van der Waals surface area contributed by atoms with Crippen LogP contribution in [-0.2, 0) is 0 Å². The molecular weight excluding hydrogens is 416 g/mol. The highest BCUT2D eigenvalue weighted by atomic mass is 16.2. The summed E-state index contributed by atoms with van der Waals surface area (Å²) in [7, 11) is 0. The van der Waals surface area contributed by atoms with E-state index in [2.05, 4.69) is 43.7 Å². The molecule has 1 aliphatic heterocycles. The molecular formula is C24H24N8O. The van der Waals surface area contributed by atoms with Gasteiger partial charge in [0.25, 0.3) is 0 Å². The summed E-state index contributed by atoms with van der Waals surface area (Å²) in [5.41, 5.74) is 8.79. The molecule has 9 nitrogen and oxygen atoms in total. The lowest BCUT2D eigenvalue weighted by Crippen LogP contribution is -2.40. The number of hydrogen-bond donors (Lipinski definition) is 3. The Kier molecular flexibility index (Phi) is 5.48. The van der Waals surface area contributed by atoms with Crippen molar-refractivity contribution in [3.8, 4) is 17.3 Å². The van der Waals surface area contributed by atoms with Crippen molar-refractivity contribution in [2.45, 2.75) is 31.2 Å². The number of nitriles is 1. The Morgan fingerprint density at radius 3 is 2.73 bits per heavy atom. The summed E-state index contributed by atoms with van der Waals surface area (Å²) in [6.07, 6.45) is 6.64. The Balaban J connectivity index is 1.37. The summed E-state index contributed by atoms with van der Waals surface area (Å²) in [5.74, 6) is 2.70. The number of hydrogen-bond acceptors (Lipinski definition) is 7. The van der Waals surface area contributed by atoms with Crippen molar-refractivity contribution in [2.24, 2.45) is 5.73 Å². The fourth-order valence-corrected chi connectivity index (χ4v) is 4.13. The van der Waals surface area contributed by atoms with E-state index in [0.717, 1.165) is 30.0 Å². The molecule has 9 heteroatoms. The highest BCUT2D eigenvalue weighted by Crippen LogP contribution is 2.42. The summed E-state index contributed by atoms with van der Waals surface area (Å²) in [6.45, 7) is 1.50. The molecule has 4 N–H and O–H groups in total. The molecule has 0 aromatic carbocycles. The molecule has 2 fully saturated rings. The Bertz CT molecular complexity index is 1220. The Labute approximate surface area is 191 Å². The molecule has 1 unspecified atom stereocenters. The number of amides is 2. The topological polar surface area (TPSA) is 133 Å². The van der Waals surface area contributed by atoms with E-state index in [4.69, 9.17) is 16.0 Å². The van der Waals surface area contributed by atoms with Crippen LogP contribution in [0.4, 0.5) is 22.2 Å². The Morgan fingerprint density at radius 2 is 2.00 bits per heavy atom. The van der Waals surface area contributed by atoms with Crippen LogP contribution in [-0.4, -0.2) is 40.1 Å². The monoisotopic (exact) mass is 440 g/mol. The first-order valence-corrected chi connectivity index (χ1v) is 11.0. The SMILES string of the molecule is N#Cc1ccnc(Nc2cc(C3CC3)cc(-c3ccc(N4CCC(NC(N)=O)C4)nc3)n2)c1. The maximum atomic E-state index is 11.1. The summed E-state index contributed by atoms with van der Waals surface area (Å²) < 4.78 is 0. The minimum Gasteiger partial charge on any atom is -0.354 e. The Hall–Kier alpha value is -4.19. The van der Waals surface area contributed by atoms with Crippen LogP contribution < -0.4 is 21.3 Å². The van der Waals surface area contributed by atoms with Crippen molar-refractivity contribution in [1.29, 1.82) is 5.26 Å². The van der Waals surface area contributed by atoms with E-state index in [-0.39, 0.29) is 6.04 Å². The highest BCUT2D eigenvalue weighted by Gasteiger charge is 2.26.